The van der Waals surface area contributed by atoms with E-state index in [0.29, 0.717) is 11.8 Å². The zero-order chi connectivity index (χ0) is 13.1. The van der Waals surface area contributed by atoms with Gasteiger partial charge in [-0.3, -0.25) is 4.79 Å². The summed E-state index contributed by atoms with van der Waals surface area (Å²) >= 11 is 0. The van der Waals surface area contributed by atoms with Gasteiger partial charge in [-0.25, -0.2) is 0 Å². The Morgan fingerprint density at radius 1 is 1.39 bits per heavy atom. The van der Waals surface area contributed by atoms with Crippen LogP contribution in [0.25, 0.3) is 0 Å². The highest BCUT2D eigenvalue weighted by atomic mass is 16.5. The average Bonchev–Trinajstić information content (AvgIpc) is 2.80. The van der Waals surface area contributed by atoms with Crippen LogP contribution in [0.4, 0.5) is 0 Å². The number of aromatic nitrogens is 2. The fourth-order valence-corrected chi connectivity index (χ4v) is 2.71. The largest absolute Gasteiger partial charge is 0.339 e. The lowest BCUT2D eigenvalue weighted by Crippen LogP contribution is -2.12. The van der Waals surface area contributed by atoms with E-state index in [2.05, 4.69) is 17.1 Å². The molecule has 0 radical (unpaired) electrons. The van der Waals surface area contributed by atoms with Crippen molar-refractivity contribution in [2.24, 2.45) is 5.92 Å². The van der Waals surface area contributed by atoms with Gasteiger partial charge in [0.1, 0.15) is 5.78 Å². The van der Waals surface area contributed by atoms with Crippen LogP contribution < -0.4 is 0 Å². The van der Waals surface area contributed by atoms with Crippen LogP contribution in [0.15, 0.2) is 4.52 Å². The maximum absolute atomic E-state index is 11.5. The molecule has 1 aromatic heterocycles. The number of nitrogens with zero attached hydrogens (tertiary/aromatic N) is 2. The lowest BCUT2D eigenvalue weighted by Gasteiger charge is -2.23. The molecule has 0 aliphatic heterocycles. The van der Waals surface area contributed by atoms with Crippen LogP contribution in [0, 0.1) is 5.92 Å². The fraction of sp³-hybridized carbons (Fsp3) is 0.786. The molecular weight excluding hydrogens is 228 g/mol. The fourth-order valence-electron chi connectivity index (χ4n) is 2.71. The van der Waals surface area contributed by atoms with Gasteiger partial charge in [-0.15, -0.1) is 0 Å². The third-order valence-electron chi connectivity index (χ3n) is 4.04. The maximum Gasteiger partial charge on any atom is 0.237 e. The van der Waals surface area contributed by atoms with Crippen LogP contribution in [0.5, 0.6) is 0 Å². The Morgan fingerprint density at radius 2 is 2.06 bits per heavy atom. The summed E-state index contributed by atoms with van der Waals surface area (Å²) in [4.78, 5) is 15.9. The van der Waals surface area contributed by atoms with E-state index in [0.717, 1.165) is 31.0 Å². The molecule has 2 rings (SSSR count). The molecule has 0 amide bonds. The van der Waals surface area contributed by atoms with Crippen molar-refractivity contribution < 1.29 is 9.32 Å². The number of rotatable bonds is 4. The van der Waals surface area contributed by atoms with Crippen LogP contribution in [-0.4, -0.2) is 15.9 Å². The Bertz CT molecular complexity index is 406. The minimum absolute atomic E-state index is 0.102. The van der Waals surface area contributed by atoms with Gasteiger partial charge in [0.25, 0.3) is 0 Å². The maximum atomic E-state index is 11.5. The van der Waals surface area contributed by atoms with Crippen molar-refractivity contribution in [3.8, 4) is 0 Å². The summed E-state index contributed by atoms with van der Waals surface area (Å²) < 4.78 is 5.28. The van der Waals surface area contributed by atoms with Gasteiger partial charge in [-0.2, -0.15) is 4.98 Å². The number of Topliss-reactive ketones (excluding diaryl/α,β-unsaturated/α-hetero) is 1. The van der Waals surface area contributed by atoms with E-state index >= 15 is 0 Å². The number of carbonyl (C=O) groups excluding carboxylic acids is 1. The van der Waals surface area contributed by atoms with Crippen molar-refractivity contribution in [1.82, 2.24) is 10.1 Å². The molecular formula is C14H22N2O2. The van der Waals surface area contributed by atoms with Crippen LogP contribution in [0.2, 0.25) is 0 Å². The SMILES string of the molecule is CCC(C(C)=O)c1nc(C2CCC(C)CC2)no1. The van der Waals surface area contributed by atoms with E-state index in [9.17, 15) is 4.79 Å². The third-order valence-corrected chi connectivity index (χ3v) is 4.04. The van der Waals surface area contributed by atoms with Gasteiger partial charge in [0, 0.05) is 5.92 Å². The summed E-state index contributed by atoms with van der Waals surface area (Å²) in [5, 5.41) is 4.08. The van der Waals surface area contributed by atoms with Crippen LogP contribution in [0.3, 0.4) is 0 Å². The Kier molecular flexibility index (Phi) is 4.15. The summed E-state index contributed by atoms with van der Waals surface area (Å²) in [7, 11) is 0. The molecule has 0 spiro atoms. The second-order valence-electron chi connectivity index (χ2n) is 5.52. The Hall–Kier alpha value is -1.19. The summed E-state index contributed by atoms with van der Waals surface area (Å²) in [6.45, 7) is 5.85. The van der Waals surface area contributed by atoms with Crippen molar-refractivity contribution in [2.45, 2.75) is 64.7 Å². The lowest BCUT2D eigenvalue weighted by atomic mass is 9.83. The standard InChI is InChI=1S/C14H22N2O2/c1-4-12(10(3)17)14-15-13(16-18-14)11-7-5-9(2)6-8-11/h9,11-12H,4-8H2,1-3H3. The molecule has 4 nitrogen and oxygen atoms in total. The highest BCUT2D eigenvalue weighted by molar-refractivity contribution is 5.82. The number of carbonyl (C=O) groups is 1. The van der Waals surface area contributed by atoms with Gasteiger partial charge in [0.05, 0.1) is 5.92 Å². The van der Waals surface area contributed by atoms with E-state index in [4.69, 9.17) is 4.52 Å². The van der Waals surface area contributed by atoms with Gasteiger partial charge in [-0.1, -0.05) is 31.8 Å². The van der Waals surface area contributed by atoms with E-state index in [1.165, 1.54) is 12.8 Å². The zero-order valence-electron chi connectivity index (χ0n) is 11.5. The molecule has 0 N–H and O–H groups in total. The quantitative estimate of drug-likeness (QED) is 0.821. The molecule has 100 valence electrons. The highest BCUT2D eigenvalue weighted by Gasteiger charge is 2.27. The molecule has 0 saturated heterocycles. The van der Waals surface area contributed by atoms with Crippen molar-refractivity contribution in [3.63, 3.8) is 0 Å². The second kappa shape index (κ2) is 5.63. The third kappa shape index (κ3) is 2.79. The first-order chi connectivity index (χ1) is 8.61. The molecule has 1 aliphatic rings. The predicted octanol–water partition coefficient (Wildman–Crippen LogP) is 3.45. The van der Waals surface area contributed by atoms with E-state index in [1.807, 2.05) is 6.92 Å². The lowest BCUT2D eigenvalue weighted by molar-refractivity contribution is -0.119. The molecule has 0 bridgehead atoms. The summed E-state index contributed by atoms with van der Waals surface area (Å²) in [5.41, 5.74) is 0. The number of hydrogen-bond donors (Lipinski definition) is 0. The molecule has 1 atom stereocenters. The zero-order valence-corrected chi connectivity index (χ0v) is 11.5. The van der Waals surface area contributed by atoms with Gasteiger partial charge in [0.2, 0.25) is 5.89 Å². The van der Waals surface area contributed by atoms with E-state index < -0.39 is 0 Å². The van der Waals surface area contributed by atoms with Crippen molar-refractivity contribution in [1.29, 1.82) is 0 Å². The van der Waals surface area contributed by atoms with Crippen molar-refractivity contribution in [2.75, 3.05) is 0 Å². The number of ketones is 1. The van der Waals surface area contributed by atoms with Crippen molar-refractivity contribution >= 4 is 5.78 Å². The molecule has 0 aromatic carbocycles. The Labute approximate surface area is 108 Å². The molecule has 1 unspecified atom stereocenters. The number of hydrogen-bond acceptors (Lipinski definition) is 4. The minimum atomic E-state index is -0.228. The first kappa shape index (κ1) is 13.2. The molecule has 18 heavy (non-hydrogen) atoms. The molecule has 4 heteroatoms. The van der Waals surface area contributed by atoms with E-state index in [1.54, 1.807) is 6.92 Å². The summed E-state index contributed by atoms with van der Waals surface area (Å²) in [6, 6.07) is 0. The molecule has 1 heterocycles. The average molecular weight is 250 g/mol. The highest BCUT2D eigenvalue weighted by Crippen LogP contribution is 2.34. The molecule has 1 aromatic rings. The Morgan fingerprint density at radius 3 is 2.61 bits per heavy atom. The summed E-state index contributed by atoms with van der Waals surface area (Å²) in [6.07, 6.45) is 5.46. The smallest absolute Gasteiger partial charge is 0.237 e. The molecule has 1 fully saturated rings. The monoisotopic (exact) mass is 250 g/mol. The molecule has 1 saturated carbocycles. The van der Waals surface area contributed by atoms with Crippen LogP contribution in [0.1, 0.15) is 76.4 Å². The first-order valence-corrected chi connectivity index (χ1v) is 6.95. The predicted molar refractivity (Wildman–Crippen MR) is 68.4 cm³/mol. The van der Waals surface area contributed by atoms with E-state index in [-0.39, 0.29) is 11.7 Å². The van der Waals surface area contributed by atoms with Gasteiger partial charge in [-0.05, 0) is 32.1 Å². The van der Waals surface area contributed by atoms with Gasteiger partial charge < -0.3 is 4.52 Å². The van der Waals surface area contributed by atoms with Crippen LogP contribution >= 0.6 is 0 Å². The topological polar surface area (TPSA) is 56.0 Å². The van der Waals surface area contributed by atoms with Crippen molar-refractivity contribution in [3.05, 3.63) is 11.7 Å². The van der Waals surface area contributed by atoms with Gasteiger partial charge in [0.15, 0.2) is 5.82 Å². The molecule has 1 aliphatic carbocycles. The first-order valence-electron chi connectivity index (χ1n) is 6.95. The second-order valence-corrected chi connectivity index (χ2v) is 5.52. The Balaban J connectivity index is 2.08. The summed E-state index contributed by atoms with van der Waals surface area (Å²) in [5.74, 6) is 2.41. The van der Waals surface area contributed by atoms with Gasteiger partial charge >= 0.3 is 0 Å². The van der Waals surface area contributed by atoms with Crippen LogP contribution in [-0.2, 0) is 4.79 Å². The normalized spacial score (nSPS) is 25.9. The minimum Gasteiger partial charge on any atom is -0.339 e.